The second-order valence-corrected chi connectivity index (χ2v) is 8.41. The number of nitrogens with zero attached hydrogens (tertiary/aromatic N) is 1. The van der Waals surface area contributed by atoms with E-state index in [1.807, 2.05) is 0 Å². The van der Waals surface area contributed by atoms with E-state index in [1.165, 1.54) is 19.4 Å². The molecule has 0 atom stereocenters. The third-order valence-corrected chi connectivity index (χ3v) is 4.84. The van der Waals surface area contributed by atoms with Crippen molar-refractivity contribution in [1.29, 1.82) is 0 Å². The van der Waals surface area contributed by atoms with E-state index in [9.17, 15) is 8.42 Å². The molecule has 0 amide bonds. The molecule has 0 spiro atoms. The van der Waals surface area contributed by atoms with Crippen LogP contribution in [0.3, 0.4) is 0 Å². The molecule has 5 nitrogen and oxygen atoms in total. The van der Waals surface area contributed by atoms with E-state index in [0.29, 0.717) is 27.5 Å². The molecule has 1 heterocycles. The zero-order valence-electron chi connectivity index (χ0n) is 15.2. The van der Waals surface area contributed by atoms with E-state index in [2.05, 4.69) is 9.71 Å². The monoisotopic (exact) mass is 420 g/mol. The van der Waals surface area contributed by atoms with Gasteiger partial charge in [-0.2, -0.15) is 0 Å². The van der Waals surface area contributed by atoms with Crippen LogP contribution in [0.15, 0.2) is 54.7 Å². The van der Waals surface area contributed by atoms with Crippen LogP contribution in [0, 0.1) is 5.82 Å². The Kier molecular flexibility index (Phi) is 5.86. The first-order valence-electron chi connectivity index (χ1n) is 8.31. The van der Waals surface area contributed by atoms with Gasteiger partial charge in [-0.05, 0) is 41.0 Å². The number of nitrogens with one attached hydrogen (secondary N) is 1. The lowest BCUT2D eigenvalue weighted by Gasteiger charge is -2.14. The highest BCUT2D eigenvalue weighted by molar-refractivity contribution is 7.92. The number of hydrogen-bond donors (Lipinski definition) is 1. The lowest BCUT2D eigenvalue weighted by molar-refractivity contribution is 0.413. The zero-order chi connectivity index (χ0) is 20.3. The lowest BCUT2D eigenvalue weighted by Crippen LogP contribution is -2.10. The van der Waals surface area contributed by atoms with Gasteiger partial charge in [0.05, 0.1) is 18.9 Å². The Morgan fingerprint density at radius 1 is 1.18 bits per heavy atom. The van der Waals surface area contributed by atoms with Gasteiger partial charge < -0.3 is 4.74 Å². The Hall–Kier alpha value is -2.64. The van der Waals surface area contributed by atoms with Gasteiger partial charge in [-0.1, -0.05) is 35.9 Å². The summed E-state index contributed by atoms with van der Waals surface area (Å²) >= 11 is 6.05. The number of ether oxygens (including phenoxy) is 1. The van der Waals surface area contributed by atoms with Crippen molar-refractivity contribution < 1.29 is 17.5 Å². The summed E-state index contributed by atoms with van der Waals surface area (Å²) in [7, 11) is -1.91. The van der Waals surface area contributed by atoms with Gasteiger partial charge in [0, 0.05) is 17.6 Å². The molecule has 0 aliphatic heterocycles. The lowest BCUT2D eigenvalue weighted by atomic mass is 9.97. The normalized spacial score (nSPS) is 11.3. The Labute approximate surface area is 168 Å². The fraction of sp³-hybridized carbons (Fsp3) is 0.150. The second kappa shape index (κ2) is 8.16. The van der Waals surface area contributed by atoms with Crippen LogP contribution < -0.4 is 9.46 Å². The van der Waals surface area contributed by atoms with Crippen molar-refractivity contribution in [2.24, 2.45) is 0 Å². The molecule has 3 aromatic rings. The number of hydrogen-bond acceptors (Lipinski definition) is 4. The number of aromatic nitrogens is 1. The van der Waals surface area contributed by atoms with Gasteiger partial charge in [0.15, 0.2) is 0 Å². The Morgan fingerprint density at radius 3 is 2.57 bits per heavy atom. The van der Waals surface area contributed by atoms with E-state index < -0.39 is 15.8 Å². The van der Waals surface area contributed by atoms with Crippen molar-refractivity contribution in [3.8, 4) is 16.9 Å². The summed E-state index contributed by atoms with van der Waals surface area (Å²) < 4.78 is 45.4. The number of methoxy groups -OCH3 is 1. The minimum Gasteiger partial charge on any atom is -0.496 e. The summed E-state index contributed by atoms with van der Waals surface area (Å²) in [6.07, 6.45) is 2.85. The zero-order valence-corrected chi connectivity index (χ0v) is 16.8. The van der Waals surface area contributed by atoms with Gasteiger partial charge >= 0.3 is 0 Å². The number of sulfonamides is 1. The van der Waals surface area contributed by atoms with Crippen LogP contribution in [0.5, 0.6) is 5.75 Å². The van der Waals surface area contributed by atoms with Crippen molar-refractivity contribution in [2.45, 2.75) is 6.42 Å². The highest BCUT2D eigenvalue weighted by Gasteiger charge is 2.17. The van der Waals surface area contributed by atoms with Crippen LogP contribution in [0.25, 0.3) is 11.1 Å². The average molecular weight is 421 g/mol. The Morgan fingerprint density at radius 2 is 1.96 bits per heavy atom. The summed E-state index contributed by atoms with van der Waals surface area (Å²) in [5.74, 6) is 0.218. The summed E-state index contributed by atoms with van der Waals surface area (Å²) in [6.45, 7) is 0. The second-order valence-electron chi connectivity index (χ2n) is 6.23. The molecule has 0 saturated heterocycles. The summed E-state index contributed by atoms with van der Waals surface area (Å²) in [4.78, 5) is 4.06. The fourth-order valence-electron chi connectivity index (χ4n) is 2.82. The van der Waals surface area contributed by atoms with Crippen LogP contribution in [0.1, 0.15) is 11.1 Å². The molecule has 0 saturated carbocycles. The third-order valence-electron chi connectivity index (χ3n) is 4.03. The van der Waals surface area contributed by atoms with E-state index >= 15 is 4.39 Å². The average Bonchev–Trinajstić information content (AvgIpc) is 2.63. The molecule has 8 heteroatoms. The summed E-state index contributed by atoms with van der Waals surface area (Å²) in [5.41, 5.74) is 2.15. The molecule has 0 fully saturated rings. The molecule has 0 bridgehead atoms. The van der Waals surface area contributed by atoms with Gasteiger partial charge in [0.25, 0.3) is 0 Å². The van der Waals surface area contributed by atoms with E-state index in [4.69, 9.17) is 16.3 Å². The molecule has 0 aliphatic carbocycles. The smallest absolute Gasteiger partial charge is 0.230 e. The van der Waals surface area contributed by atoms with Gasteiger partial charge in [-0.15, -0.1) is 0 Å². The maximum atomic E-state index is 15.3. The molecule has 1 N–H and O–H groups in total. The first kappa shape index (κ1) is 20.1. The van der Waals surface area contributed by atoms with Crippen molar-refractivity contribution in [3.63, 3.8) is 0 Å². The van der Waals surface area contributed by atoms with Crippen LogP contribution >= 0.6 is 11.6 Å². The van der Waals surface area contributed by atoms with Crippen LogP contribution in [-0.4, -0.2) is 26.8 Å². The van der Waals surface area contributed by atoms with Gasteiger partial charge in [-0.3, -0.25) is 4.72 Å². The van der Waals surface area contributed by atoms with Crippen molar-refractivity contribution in [2.75, 3.05) is 18.1 Å². The van der Waals surface area contributed by atoms with Crippen molar-refractivity contribution in [3.05, 3.63) is 76.7 Å². The highest BCUT2D eigenvalue weighted by atomic mass is 35.5. The molecular weight excluding hydrogens is 403 g/mol. The summed E-state index contributed by atoms with van der Waals surface area (Å²) in [5, 5.41) is 0.502. The van der Waals surface area contributed by atoms with Gasteiger partial charge in [0.1, 0.15) is 17.4 Å². The number of anilines is 1. The SMILES string of the molecule is COc1ccc(Cc2ccc(NS(C)(=O)=O)nc2)c(F)c1-c1cccc(Cl)c1. The molecule has 0 aliphatic rings. The minimum absolute atomic E-state index is 0.209. The van der Waals surface area contributed by atoms with E-state index in [0.717, 1.165) is 11.8 Å². The van der Waals surface area contributed by atoms with Crippen LogP contribution in [0.2, 0.25) is 5.02 Å². The molecule has 0 radical (unpaired) electrons. The molecule has 3 rings (SSSR count). The number of rotatable bonds is 6. The van der Waals surface area contributed by atoms with Gasteiger partial charge in [-0.25, -0.2) is 17.8 Å². The predicted octanol–water partition coefficient (Wildman–Crippen LogP) is 4.51. The minimum atomic E-state index is -3.40. The summed E-state index contributed by atoms with van der Waals surface area (Å²) in [6, 6.07) is 13.5. The highest BCUT2D eigenvalue weighted by Crippen LogP contribution is 2.36. The molecule has 146 valence electrons. The van der Waals surface area contributed by atoms with E-state index in [1.54, 1.807) is 42.5 Å². The van der Waals surface area contributed by atoms with Crippen molar-refractivity contribution >= 4 is 27.4 Å². The first-order valence-corrected chi connectivity index (χ1v) is 10.6. The fourth-order valence-corrected chi connectivity index (χ4v) is 3.51. The Balaban J connectivity index is 1.94. The van der Waals surface area contributed by atoms with E-state index in [-0.39, 0.29) is 12.2 Å². The standard InChI is InChI=1S/C20H18ClFN2O3S/c1-27-17-8-7-15(20(22)19(17)14-4-3-5-16(21)11-14)10-13-6-9-18(23-12-13)24-28(2,25)26/h3-9,11-12H,10H2,1-2H3,(H,23,24). The third kappa shape index (κ3) is 4.79. The molecule has 1 aromatic heterocycles. The molecule has 2 aromatic carbocycles. The topological polar surface area (TPSA) is 68.3 Å². The maximum absolute atomic E-state index is 15.3. The molecule has 0 unspecified atom stereocenters. The quantitative estimate of drug-likeness (QED) is 0.637. The van der Waals surface area contributed by atoms with Crippen LogP contribution in [-0.2, 0) is 16.4 Å². The van der Waals surface area contributed by atoms with Gasteiger partial charge in [0.2, 0.25) is 10.0 Å². The predicted molar refractivity (Wildman–Crippen MR) is 109 cm³/mol. The molecular formula is C20H18ClFN2O3S. The largest absolute Gasteiger partial charge is 0.496 e. The number of halogens is 2. The first-order chi connectivity index (χ1) is 13.3. The van der Waals surface area contributed by atoms with Crippen LogP contribution in [0.4, 0.5) is 10.2 Å². The number of pyridine rings is 1. The maximum Gasteiger partial charge on any atom is 0.230 e. The number of benzene rings is 2. The Bertz CT molecular complexity index is 1100. The van der Waals surface area contributed by atoms with Crippen molar-refractivity contribution in [1.82, 2.24) is 4.98 Å². The molecule has 28 heavy (non-hydrogen) atoms.